The van der Waals surface area contributed by atoms with Gasteiger partial charge in [0.1, 0.15) is 5.82 Å². The van der Waals surface area contributed by atoms with Gasteiger partial charge in [-0.15, -0.1) is 0 Å². The largest absolute Gasteiger partial charge is 0.356 e. The van der Waals surface area contributed by atoms with Crippen molar-refractivity contribution < 1.29 is 0 Å². The predicted molar refractivity (Wildman–Crippen MR) is 112 cm³/mol. The third-order valence-corrected chi connectivity index (χ3v) is 5.86. The molecule has 3 rings (SSSR count). The zero-order valence-electron chi connectivity index (χ0n) is 16.4. The monoisotopic (exact) mass is 378 g/mol. The molecule has 2 aliphatic rings. The minimum Gasteiger partial charge on any atom is -0.356 e. The zero-order chi connectivity index (χ0) is 18.2. The lowest BCUT2D eigenvalue weighted by molar-refractivity contribution is 0.370. The molecular formula is C19H34N6S. The summed E-state index contributed by atoms with van der Waals surface area (Å²) in [6, 6.07) is 0. The summed E-state index contributed by atoms with van der Waals surface area (Å²) >= 11 is 1.90. The first-order valence-corrected chi connectivity index (χ1v) is 11.4. The summed E-state index contributed by atoms with van der Waals surface area (Å²) in [5, 5.41) is 6.98. The highest BCUT2D eigenvalue weighted by atomic mass is 32.2. The second kappa shape index (κ2) is 10.3. The van der Waals surface area contributed by atoms with Crippen LogP contribution in [-0.2, 0) is 13.0 Å². The van der Waals surface area contributed by atoms with Crippen molar-refractivity contribution >= 4 is 23.5 Å². The number of aromatic nitrogens is 2. The molecular weight excluding hydrogens is 344 g/mol. The van der Waals surface area contributed by atoms with Gasteiger partial charge in [-0.1, -0.05) is 12.8 Å². The van der Waals surface area contributed by atoms with E-state index in [1.807, 2.05) is 11.8 Å². The van der Waals surface area contributed by atoms with Crippen LogP contribution in [0.4, 0.5) is 11.8 Å². The minimum atomic E-state index is 0.808. The fourth-order valence-electron chi connectivity index (χ4n) is 3.67. The molecule has 1 aromatic heterocycles. The zero-order valence-corrected chi connectivity index (χ0v) is 17.2. The Bertz CT molecular complexity index is 559. The average molecular weight is 379 g/mol. The van der Waals surface area contributed by atoms with Gasteiger partial charge < -0.3 is 20.4 Å². The fourth-order valence-corrected chi connectivity index (χ4v) is 4.16. The van der Waals surface area contributed by atoms with Crippen LogP contribution in [0.25, 0.3) is 0 Å². The number of thioether (sulfide) groups is 1. The van der Waals surface area contributed by atoms with Crippen LogP contribution < -0.4 is 15.5 Å². The van der Waals surface area contributed by atoms with E-state index in [-0.39, 0.29) is 0 Å². The first-order valence-electron chi connectivity index (χ1n) is 10.0. The lowest BCUT2D eigenvalue weighted by atomic mass is 10.1. The highest BCUT2D eigenvalue weighted by Gasteiger charge is 2.22. The van der Waals surface area contributed by atoms with Crippen molar-refractivity contribution in [3.05, 3.63) is 11.3 Å². The molecule has 1 saturated heterocycles. The van der Waals surface area contributed by atoms with Gasteiger partial charge in [0.15, 0.2) is 0 Å². The van der Waals surface area contributed by atoms with E-state index in [4.69, 9.17) is 9.97 Å². The van der Waals surface area contributed by atoms with Crippen molar-refractivity contribution in [2.24, 2.45) is 0 Å². The molecule has 146 valence electrons. The second-order valence-corrected chi connectivity index (χ2v) is 8.33. The molecule has 0 atom stereocenters. The lowest BCUT2D eigenvalue weighted by Crippen LogP contribution is -2.32. The van der Waals surface area contributed by atoms with Crippen molar-refractivity contribution in [2.45, 2.75) is 38.6 Å². The Balaban J connectivity index is 1.69. The number of likely N-dealkylation sites (N-methyl/N-ethyl adjacent to an activating group) is 1. The maximum Gasteiger partial charge on any atom is 0.224 e. The van der Waals surface area contributed by atoms with Crippen molar-refractivity contribution in [1.82, 2.24) is 20.2 Å². The van der Waals surface area contributed by atoms with Gasteiger partial charge in [-0.05, 0) is 26.1 Å². The number of fused-ring (bicyclic) bond motifs is 1. The lowest BCUT2D eigenvalue weighted by Gasteiger charge is -2.28. The van der Waals surface area contributed by atoms with Gasteiger partial charge in [0, 0.05) is 63.6 Å². The molecule has 0 bridgehead atoms. The van der Waals surface area contributed by atoms with E-state index in [2.05, 4.69) is 33.7 Å². The molecule has 6 nitrogen and oxygen atoms in total. The summed E-state index contributed by atoms with van der Waals surface area (Å²) < 4.78 is 0. The van der Waals surface area contributed by atoms with Crippen LogP contribution in [0.1, 0.15) is 36.9 Å². The van der Waals surface area contributed by atoms with Gasteiger partial charge in [0.05, 0.1) is 5.69 Å². The van der Waals surface area contributed by atoms with E-state index in [0.29, 0.717) is 0 Å². The normalized spacial score (nSPS) is 17.9. The molecule has 0 unspecified atom stereocenters. The van der Waals surface area contributed by atoms with Crippen LogP contribution in [0.15, 0.2) is 0 Å². The quantitative estimate of drug-likeness (QED) is 0.719. The summed E-state index contributed by atoms with van der Waals surface area (Å²) in [5.74, 6) is 3.16. The Morgan fingerprint density at radius 1 is 1.15 bits per heavy atom. The first kappa shape index (κ1) is 19.7. The molecule has 26 heavy (non-hydrogen) atoms. The molecule has 0 aliphatic carbocycles. The summed E-state index contributed by atoms with van der Waals surface area (Å²) in [6.07, 6.45) is 8.39. The van der Waals surface area contributed by atoms with Gasteiger partial charge in [0.2, 0.25) is 5.95 Å². The van der Waals surface area contributed by atoms with E-state index in [1.165, 1.54) is 48.5 Å². The Morgan fingerprint density at radius 3 is 2.73 bits per heavy atom. The molecule has 3 heterocycles. The molecule has 0 spiro atoms. The van der Waals surface area contributed by atoms with Gasteiger partial charge in [0.25, 0.3) is 0 Å². The number of rotatable bonds is 8. The molecule has 0 amide bonds. The standard InChI is InChI=1S/C19H34N6S/c1-24(13-14-26-2)12-9-21-19-22-17-7-8-20-15-16(17)18(23-19)25-10-5-3-4-6-11-25/h20H,3-15H2,1-2H3,(H,21,22,23). The maximum atomic E-state index is 4.95. The van der Waals surface area contributed by atoms with E-state index in [9.17, 15) is 0 Å². The summed E-state index contributed by atoms with van der Waals surface area (Å²) in [5.41, 5.74) is 2.55. The van der Waals surface area contributed by atoms with Crippen LogP contribution in [0.2, 0.25) is 0 Å². The molecule has 0 radical (unpaired) electrons. The molecule has 7 heteroatoms. The smallest absolute Gasteiger partial charge is 0.224 e. The fraction of sp³-hybridized carbons (Fsp3) is 0.789. The Kier molecular flexibility index (Phi) is 7.83. The molecule has 0 saturated carbocycles. The van der Waals surface area contributed by atoms with Crippen molar-refractivity contribution in [1.29, 1.82) is 0 Å². The van der Waals surface area contributed by atoms with Crippen LogP contribution in [0, 0.1) is 0 Å². The van der Waals surface area contributed by atoms with E-state index in [1.54, 1.807) is 0 Å². The SMILES string of the molecule is CSCCN(C)CCNc1nc2c(c(N3CCCCCC3)n1)CNCC2. The first-order chi connectivity index (χ1) is 12.8. The Hall–Kier alpha value is -1.05. The maximum absolute atomic E-state index is 4.95. The third kappa shape index (κ3) is 5.47. The average Bonchev–Trinajstić information content (AvgIpc) is 2.95. The number of hydrogen-bond acceptors (Lipinski definition) is 7. The van der Waals surface area contributed by atoms with E-state index < -0.39 is 0 Å². The molecule has 1 fully saturated rings. The van der Waals surface area contributed by atoms with Gasteiger partial charge in [-0.2, -0.15) is 16.7 Å². The third-order valence-electron chi connectivity index (χ3n) is 5.27. The van der Waals surface area contributed by atoms with Gasteiger partial charge >= 0.3 is 0 Å². The molecule has 0 aromatic carbocycles. The van der Waals surface area contributed by atoms with Crippen LogP contribution in [0.5, 0.6) is 0 Å². The summed E-state index contributed by atoms with van der Waals surface area (Å²) in [6.45, 7) is 7.20. The predicted octanol–water partition coefficient (Wildman–Crippen LogP) is 2.21. The second-order valence-electron chi connectivity index (χ2n) is 7.35. The number of hydrogen-bond donors (Lipinski definition) is 2. The minimum absolute atomic E-state index is 0.808. The number of nitrogens with zero attached hydrogens (tertiary/aromatic N) is 4. The number of nitrogens with one attached hydrogen (secondary N) is 2. The summed E-state index contributed by atoms with van der Waals surface area (Å²) in [4.78, 5) is 14.7. The van der Waals surface area contributed by atoms with Crippen molar-refractivity contribution in [3.63, 3.8) is 0 Å². The van der Waals surface area contributed by atoms with E-state index in [0.717, 1.165) is 58.2 Å². The highest BCUT2D eigenvalue weighted by Crippen LogP contribution is 2.27. The Morgan fingerprint density at radius 2 is 1.96 bits per heavy atom. The molecule has 2 aliphatic heterocycles. The van der Waals surface area contributed by atoms with Crippen LogP contribution in [0.3, 0.4) is 0 Å². The Labute approximate surface area is 162 Å². The van der Waals surface area contributed by atoms with Gasteiger partial charge in [-0.25, -0.2) is 4.98 Å². The summed E-state index contributed by atoms with van der Waals surface area (Å²) in [7, 11) is 2.18. The van der Waals surface area contributed by atoms with Crippen LogP contribution >= 0.6 is 11.8 Å². The number of anilines is 2. The van der Waals surface area contributed by atoms with Crippen molar-refractivity contribution in [3.8, 4) is 0 Å². The highest BCUT2D eigenvalue weighted by molar-refractivity contribution is 7.98. The van der Waals surface area contributed by atoms with Crippen molar-refractivity contribution in [2.75, 3.05) is 68.5 Å². The molecule has 2 N–H and O–H groups in total. The van der Waals surface area contributed by atoms with Crippen LogP contribution in [-0.4, -0.2) is 73.2 Å². The van der Waals surface area contributed by atoms with E-state index >= 15 is 0 Å². The van der Waals surface area contributed by atoms with Gasteiger partial charge in [-0.3, -0.25) is 0 Å². The topological polar surface area (TPSA) is 56.3 Å². The molecule has 1 aromatic rings.